The summed E-state index contributed by atoms with van der Waals surface area (Å²) in [5.41, 5.74) is 0.0816. The van der Waals surface area contributed by atoms with Crippen molar-refractivity contribution in [2.45, 2.75) is 38.6 Å². The van der Waals surface area contributed by atoms with E-state index in [1.165, 1.54) is 15.8 Å². The van der Waals surface area contributed by atoms with Gasteiger partial charge in [-0.05, 0) is 43.4 Å². The first kappa shape index (κ1) is 22.5. The topological polar surface area (TPSA) is 133 Å². The van der Waals surface area contributed by atoms with Gasteiger partial charge in [0.25, 0.3) is 11.5 Å². The van der Waals surface area contributed by atoms with Crippen LogP contribution < -0.4 is 10.9 Å². The molecule has 0 bridgehead atoms. The zero-order chi connectivity index (χ0) is 23.5. The minimum atomic E-state index is -1.03. The maximum atomic E-state index is 13.4. The molecule has 33 heavy (non-hydrogen) atoms. The van der Waals surface area contributed by atoms with E-state index in [1.807, 2.05) is 0 Å². The van der Waals surface area contributed by atoms with Crippen LogP contribution in [-0.4, -0.2) is 33.0 Å². The molecule has 0 saturated heterocycles. The SMILES string of the molecule is O=C(COC(=O)CCn1cnc2sc3c(c2c1=O)CCCC3)Nc1ccc(F)c([N+](=O)[O-])c1. The molecule has 2 aromatic heterocycles. The summed E-state index contributed by atoms with van der Waals surface area (Å²) < 4.78 is 19.6. The minimum absolute atomic E-state index is 0.00540. The summed E-state index contributed by atoms with van der Waals surface area (Å²) in [6, 6.07) is 2.88. The highest BCUT2D eigenvalue weighted by atomic mass is 32.1. The van der Waals surface area contributed by atoms with Gasteiger partial charge in [-0.15, -0.1) is 11.3 Å². The summed E-state index contributed by atoms with van der Waals surface area (Å²) >= 11 is 1.54. The molecular weight excluding hydrogens is 455 g/mol. The Morgan fingerprint density at radius 3 is 2.88 bits per heavy atom. The number of ether oxygens (including phenoxy) is 1. The molecule has 0 aliphatic heterocycles. The molecule has 1 aromatic carbocycles. The summed E-state index contributed by atoms with van der Waals surface area (Å²) in [5, 5.41) is 13.7. The number of nitrogens with zero attached hydrogens (tertiary/aromatic N) is 3. The maximum absolute atomic E-state index is 13.4. The van der Waals surface area contributed by atoms with Crippen LogP contribution in [0.1, 0.15) is 29.7 Å². The van der Waals surface area contributed by atoms with Gasteiger partial charge in [-0.25, -0.2) is 4.98 Å². The van der Waals surface area contributed by atoms with Crippen molar-refractivity contribution in [2.75, 3.05) is 11.9 Å². The van der Waals surface area contributed by atoms with Crippen LogP contribution in [0.5, 0.6) is 0 Å². The number of aryl methyl sites for hydroxylation is 3. The number of hydrogen-bond donors (Lipinski definition) is 1. The third kappa shape index (κ3) is 4.90. The Kier molecular flexibility index (Phi) is 6.45. The van der Waals surface area contributed by atoms with E-state index in [0.717, 1.165) is 49.4 Å². The van der Waals surface area contributed by atoms with Crippen molar-refractivity contribution in [3.05, 3.63) is 61.3 Å². The van der Waals surface area contributed by atoms with E-state index in [4.69, 9.17) is 4.74 Å². The number of halogens is 1. The number of nitro benzene ring substituents is 1. The molecule has 12 heteroatoms. The molecule has 0 spiro atoms. The fraction of sp³-hybridized carbons (Fsp3) is 0.333. The molecule has 1 N–H and O–H groups in total. The Balaban J connectivity index is 1.32. The highest BCUT2D eigenvalue weighted by Gasteiger charge is 2.20. The van der Waals surface area contributed by atoms with Crippen LogP contribution in [0.4, 0.5) is 15.8 Å². The van der Waals surface area contributed by atoms with Crippen molar-refractivity contribution in [2.24, 2.45) is 0 Å². The number of anilines is 1. The van der Waals surface area contributed by atoms with Crippen LogP contribution >= 0.6 is 11.3 Å². The lowest BCUT2D eigenvalue weighted by Gasteiger charge is -2.10. The molecule has 0 atom stereocenters. The van der Waals surface area contributed by atoms with Gasteiger partial charge in [0.15, 0.2) is 6.61 Å². The van der Waals surface area contributed by atoms with Crippen LogP contribution in [0.3, 0.4) is 0 Å². The van der Waals surface area contributed by atoms with E-state index in [-0.39, 0.29) is 24.2 Å². The molecule has 4 rings (SSSR count). The van der Waals surface area contributed by atoms with Gasteiger partial charge in [-0.1, -0.05) is 0 Å². The number of benzene rings is 1. The molecule has 1 amide bonds. The molecule has 172 valence electrons. The molecule has 10 nitrogen and oxygen atoms in total. The van der Waals surface area contributed by atoms with Gasteiger partial charge in [0.05, 0.1) is 23.1 Å². The summed E-state index contributed by atoms with van der Waals surface area (Å²) in [5.74, 6) is -2.47. The van der Waals surface area contributed by atoms with Gasteiger partial charge in [0.2, 0.25) is 5.82 Å². The van der Waals surface area contributed by atoms with Crippen LogP contribution in [0.15, 0.2) is 29.3 Å². The van der Waals surface area contributed by atoms with Crippen molar-refractivity contribution in [3.63, 3.8) is 0 Å². The number of thiophene rings is 1. The fourth-order valence-corrected chi connectivity index (χ4v) is 4.92. The summed E-state index contributed by atoms with van der Waals surface area (Å²) in [6.45, 7) is -0.578. The van der Waals surface area contributed by atoms with Crippen LogP contribution in [-0.2, 0) is 33.7 Å². The molecule has 0 fully saturated rings. The lowest BCUT2D eigenvalue weighted by atomic mass is 9.97. The number of rotatable bonds is 7. The van der Waals surface area contributed by atoms with Crippen molar-refractivity contribution in [1.29, 1.82) is 0 Å². The largest absolute Gasteiger partial charge is 0.456 e. The summed E-state index contributed by atoms with van der Waals surface area (Å²) in [4.78, 5) is 53.0. The lowest BCUT2D eigenvalue weighted by Crippen LogP contribution is -2.24. The number of hydrogen-bond acceptors (Lipinski definition) is 8. The van der Waals surface area contributed by atoms with Crippen LogP contribution in [0.25, 0.3) is 10.2 Å². The number of nitro groups is 1. The predicted octanol–water partition coefficient (Wildman–Crippen LogP) is 2.96. The zero-order valence-corrected chi connectivity index (χ0v) is 18.2. The van der Waals surface area contributed by atoms with E-state index in [1.54, 1.807) is 11.3 Å². The van der Waals surface area contributed by atoms with Gasteiger partial charge in [0.1, 0.15) is 4.83 Å². The average molecular weight is 474 g/mol. The smallest absolute Gasteiger partial charge is 0.308 e. The van der Waals surface area contributed by atoms with Gasteiger partial charge in [-0.3, -0.25) is 29.1 Å². The highest BCUT2D eigenvalue weighted by molar-refractivity contribution is 7.18. The van der Waals surface area contributed by atoms with E-state index in [9.17, 15) is 28.9 Å². The second-order valence-electron chi connectivity index (χ2n) is 7.52. The predicted molar refractivity (Wildman–Crippen MR) is 118 cm³/mol. The minimum Gasteiger partial charge on any atom is -0.456 e. The standard InChI is InChI=1S/C21H19FN4O6S/c22-14-6-5-12(9-15(14)26(30)31)24-17(27)10-32-18(28)7-8-25-11-23-20-19(21(25)29)13-3-1-2-4-16(13)33-20/h5-6,9,11H,1-4,7-8,10H2,(H,24,27). The highest BCUT2D eigenvalue weighted by Crippen LogP contribution is 2.33. The maximum Gasteiger partial charge on any atom is 0.308 e. The molecular formula is C21H19FN4O6S. The summed E-state index contributed by atoms with van der Waals surface area (Å²) in [6.07, 6.45) is 5.21. The normalized spacial score (nSPS) is 12.9. The Bertz CT molecular complexity index is 1320. The van der Waals surface area contributed by atoms with Crippen LogP contribution in [0.2, 0.25) is 0 Å². The molecule has 0 saturated carbocycles. The van der Waals surface area contributed by atoms with Crippen molar-refractivity contribution in [3.8, 4) is 0 Å². The van der Waals surface area contributed by atoms with Gasteiger partial charge in [-0.2, -0.15) is 4.39 Å². The van der Waals surface area contributed by atoms with Crippen molar-refractivity contribution >= 4 is 44.8 Å². The van der Waals surface area contributed by atoms with Gasteiger partial charge in [0, 0.05) is 23.2 Å². The quantitative estimate of drug-likeness (QED) is 0.316. The number of carbonyl (C=O) groups excluding carboxylic acids is 2. The first-order chi connectivity index (χ1) is 15.8. The van der Waals surface area contributed by atoms with E-state index in [0.29, 0.717) is 10.2 Å². The average Bonchev–Trinajstić information content (AvgIpc) is 3.17. The van der Waals surface area contributed by atoms with Crippen molar-refractivity contribution < 1.29 is 23.6 Å². The Morgan fingerprint density at radius 2 is 2.09 bits per heavy atom. The zero-order valence-electron chi connectivity index (χ0n) is 17.3. The Morgan fingerprint density at radius 1 is 1.30 bits per heavy atom. The monoisotopic (exact) mass is 474 g/mol. The number of esters is 1. The second kappa shape index (κ2) is 9.45. The number of carbonyl (C=O) groups is 2. The fourth-order valence-electron chi connectivity index (χ4n) is 3.70. The number of nitrogens with one attached hydrogen (secondary N) is 1. The van der Waals surface area contributed by atoms with Gasteiger partial charge < -0.3 is 10.1 Å². The first-order valence-electron chi connectivity index (χ1n) is 10.2. The second-order valence-corrected chi connectivity index (χ2v) is 8.60. The number of amides is 1. The van der Waals surface area contributed by atoms with E-state index >= 15 is 0 Å². The number of fused-ring (bicyclic) bond motifs is 3. The lowest BCUT2D eigenvalue weighted by molar-refractivity contribution is -0.387. The Labute approximate surface area is 190 Å². The third-order valence-electron chi connectivity index (χ3n) is 5.29. The molecule has 2 heterocycles. The molecule has 0 unspecified atom stereocenters. The molecule has 1 aliphatic rings. The van der Waals surface area contributed by atoms with E-state index in [2.05, 4.69) is 10.3 Å². The first-order valence-corrected chi connectivity index (χ1v) is 11.0. The van der Waals surface area contributed by atoms with Gasteiger partial charge >= 0.3 is 11.7 Å². The van der Waals surface area contributed by atoms with E-state index < -0.39 is 34.9 Å². The summed E-state index contributed by atoms with van der Waals surface area (Å²) in [7, 11) is 0. The molecule has 1 aliphatic carbocycles. The molecule has 3 aromatic rings. The molecule has 0 radical (unpaired) electrons. The number of aromatic nitrogens is 2. The van der Waals surface area contributed by atoms with Crippen molar-refractivity contribution in [1.82, 2.24) is 9.55 Å². The van der Waals surface area contributed by atoms with Crippen LogP contribution in [0, 0.1) is 15.9 Å². The Hall–Kier alpha value is -3.67. The third-order valence-corrected chi connectivity index (χ3v) is 6.49.